The summed E-state index contributed by atoms with van der Waals surface area (Å²) in [7, 11) is 0. The van der Waals surface area contributed by atoms with Crippen LogP contribution >= 0.6 is 11.3 Å². The van der Waals surface area contributed by atoms with Gasteiger partial charge in [-0.2, -0.15) is 0 Å². The standard InChI is InChI=1S/C23H36N6O4S/c1-13(2)10-17(20(24)30)28-22(32)19-11-16(27-21(31)15-4-7-25-8-5-15)6-9-29(19)23(33)18-12-34-14(3)26-18/h12-13,15-17,19,25H,4-11H2,1-3H3,(H2,24,30)(H,27,31)(H,28,32)/p+1/t16-,17+,19-/m0/s1. The van der Waals surface area contributed by atoms with Gasteiger partial charge in [-0.3, -0.25) is 19.2 Å². The molecule has 0 radical (unpaired) electrons. The van der Waals surface area contributed by atoms with Gasteiger partial charge in [0.15, 0.2) is 0 Å². The molecule has 0 saturated carbocycles. The number of carbonyl (C=O) groups excluding carboxylic acids is 4. The quantitative estimate of drug-likeness (QED) is 0.386. The predicted molar refractivity (Wildman–Crippen MR) is 128 cm³/mol. The molecule has 0 bridgehead atoms. The fraction of sp³-hybridized carbons (Fsp3) is 0.696. The van der Waals surface area contributed by atoms with Gasteiger partial charge in [0.25, 0.3) is 5.91 Å². The zero-order valence-corrected chi connectivity index (χ0v) is 21.0. The van der Waals surface area contributed by atoms with E-state index in [2.05, 4.69) is 20.9 Å². The Morgan fingerprint density at radius 3 is 2.50 bits per heavy atom. The molecule has 1 aromatic heterocycles. The second-order valence-electron chi connectivity index (χ2n) is 9.73. The van der Waals surface area contributed by atoms with Crippen LogP contribution in [0.25, 0.3) is 0 Å². The summed E-state index contributed by atoms with van der Waals surface area (Å²) in [5.74, 6) is -1.21. The van der Waals surface area contributed by atoms with Crippen molar-refractivity contribution in [2.45, 2.75) is 71.0 Å². The van der Waals surface area contributed by atoms with Crippen LogP contribution in [0.4, 0.5) is 0 Å². The lowest BCUT2D eigenvalue weighted by Gasteiger charge is -2.39. The number of hydrogen-bond acceptors (Lipinski definition) is 6. The van der Waals surface area contributed by atoms with Crippen LogP contribution in [-0.4, -0.2) is 71.3 Å². The van der Waals surface area contributed by atoms with E-state index in [1.807, 2.05) is 20.8 Å². The fourth-order valence-electron chi connectivity index (χ4n) is 4.69. The molecule has 34 heavy (non-hydrogen) atoms. The van der Waals surface area contributed by atoms with Crippen molar-refractivity contribution in [1.29, 1.82) is 0 Å². The number of rotatable bonds is 8. The molecule has 3 heterocycles. The van der Waals surface area contributed by atoms with Gasteiger partial charge in [-0.1, -0.05) is 13.8 Å². The Balaban J connectivity index is 1.75. The molecule has 11 heteroatoms. The molecule has 0 unspecified atom stereocenters. The maximum absolute atomic E-state index is 13.3. The summed E-state index contributed by atoms with van der Waals surface area (Å²) in [6, 6.07) is -1.88. The molecule has 0 aromatic carbocycles. The molecule has 2 aliphatic heterocycles. The van der Waals surface area contributed by atoms with Crippen LogP contribution in [0.15, 0.2) is 5.38 Å². The molecule has 0 spiro atoms. The van der Waals surface area contributed by atoms with E-state index in [9.17, 15) is 19.2 Å². The minimum Gasteiger partial charge on any atom is -0.368 e. The number of primary amides is 1. The van der Waals surface area contributed by atoms with E-state index in [1.54, 1.807) is 5.38 Å². The number of nitrogens with zero attached hydrogens (tertiary/aromatic N) is 2. The molecule has 3 rings (SSSR count). The Bertz CT molecular complexity index is 898. The van der Waals surface area contributed by atoms with Gasteiger partial charge in [0.1, 0.15) is 17.8 Å². The summed E-state index contributed by atoms with van der Waals surface area (Å²) in [4.78, 5) is 57.1. The number of amides is 4. The lowest BCUT2D eigenvalue weighted by atomic mass is 9.92. The molecule has 0 aliphatic carbocycles. The molecule has 1 aromatic rings. The molecular weight excluding hydrogens is 456 g/mol. The van der Waals surface area contributed by atoms with E-state index in [0.29, 0.717) is 25.1 Å². The molecular formula is C23H37N6O4S+. The number of thiazole rings is 1. The minimum absolute atomic E-state index is 0.0137. The van der Waals surface area contributed by atoms with E-state index in [1.165, 1.54) is 16.2 Å². The molecule has 6 N–H and O–H groups in total. The van der Waals surface area contributed by atoms with Crippen molar-refractivity contribution in [3.05, 3.63) is 16.1 Å². The second-order valence-corrected chi connectivity index (χ2v) is 10.8. The number of quaternary nitrogens is 1. The number of aryl methyl sites for hydroxylation is 1. The Labute approximate surface area is 204 Å². The van der Waals surface area contributed by atoms with Crippen LogP contribution in [0.3, 0.4) is 0 Å². The first-order chi connectivity index (χ1) is 16.2. The first-order valence-electron chi connectivity index (χ1n) is 12.1. The monoisotopic (exact) mass is 493 g/mol. The van der Waals surface area contributed by atoms with Gasteiger partial charge in [-0.05, 0) is 32.1 Å². The third-order valence-corrected chi connectivity index (χ3v) is 7.30. The van der Waals surface area contributed by atoms with Crippen molar-refractivity contribution in [2.75, 3.05) is 19.6 Å². The number of piperidine rings is 2. The molecule has 2 saturated heterocycles. The van der Waals surface area contributed by atoms with Crippen molar-refractivity contribution in [3.63, 3.8) is 0 Å². The lowest BCUT2D eigenvalue weighted by molar-refractivity contribution is -0.664. The highest BCUT2D eigenvalue weighted by molar-refractivity contribution is 7.09. The summed E-state index contributed by atoms with van der Waals surface area (Å²) in [5.41, 5.74) is 5.83. The maximum Gasteiger partial charge on any atom is 0.274 e. The van der Waals surface area contributed by atoms with Crippen LogP contribution in [0.2, 0.25) is 0 Å². The smallest absolute Gasteiger partial charge is 0.274 e. The topological polar surface area (TPSA) is 151 Å². The van der Waals surface area contributed by atoms with Gasteiger partial charge in [0.05, 0.1) is 18.1 Å². The lowest BCUT2D eigenvalue weighted by Crippen LogP contribution is -2.86. The third kappa shape index (κ3) is 6.75. The van der Waals surface area contributed by atoms with Crippen molar-refractivity contribution < 1.29 is 24.5 Å². The van der Waals surface area contributed by atoms with Gasteiger partial charge >= 0.3 is 0 Å². The number of likely N-dealkylation sites (tertiary alicyclic amines) is 1. The number of aromatic nitrogens is 1. The number of carbonyl (C=O) groups is 4. The highest BCUT2D eigenvalue weighted by atomic mass is 32.1. The van der Waals surface area contributed by atoms with E-state index in [4.69, 9.17) is 5.73 Å². The first kappa shape index (κ1) is 26.1. The Kier molecular flexibility index (Phi) is 9.01. The predicted octanol–water partition coefficient (Wildman–Crippen LogP) is -0.469. The largest absolute Gasteiger partial charge is 0.368 e. The van der Waals surface area contributed by atoms with E-state index < -0.39 is 23.9 Å². The van der Waals surface area contributed by atoms with Gasteiger partial charge < -0.3 is 26.6 Å². The highest BCUT2D eigenvalue weighted by Gasteiger charge is 2.39. The minimum atomic E-state index is -0.831. The molecule has 4 amide bonds. The van der Waals surface area contributed by atoms with Gasteiger partial charge in [0, 0.05) is 36.7 Å². The first-order valence-corrected chi connectivity index (χ1v) is 13.0. The summed E-state index contributed by atoms with van der Waals surface area (Å²) in [6.45, 7) is 7.89. The van der Waals surface area contributed by atoms with Crippen molar-refractivity contribution in [1.82, 2.24) is 20.5 Å². The number of hydrogen-bond donors (Lipinski definition) is 4. The highest BCUT2D eigenvalue weighted by Crippen LogP contribution is 2.23. The van der Waals surface area contributed by atoms with Gasteiger partial charge in [-0.15, -0.1) is 11.3 Å². The van der Waals surface area contributed by atoms with E-state index >= 15 is 0 Å². The summed E-state index contributed by atoms with van der Waals surface area (Å²) in [6.07, 6.45) is 2.91. The molecule has 2 fully saturated rings. The van der Waals surface area contributed by atoms with Crippen LogP contribution in [-0.2, 0) is 14.4 Å². The van der Waals surface area contributed by atoms with Crippen LogP contribution < -0.4 is 21.7 Å². The van der Waals surface area contributed by atoms with Gasteiger partial charge in [-0.25, -0.2) is 4.98 Å². The normalized spacial score (nSPS) is 22.3. The molecule has 188 valence electrons. The average Bonchev–Trinajstić information content (AvgIpc) is 3.24. The molecule has 3 atom stereocenters. The summed E-state index contributed by atoms with van der Waals surface area (Å²) >= 11 is 1.37. The summed E-state index contributed by atoms with van der Waals surface area (Å²) < 4.78 is 0. The van der Waals surface area contributed by atoms with Crippen LogP contribution in [0.5, 0.6) is 0 Å². The van der Waals surface area contributed by atoms with E-state index in [-0.39, 0.29) is 36.1 Å². The third-order valence-electron chi connectivity index (χ3n) is 6.53. The Hall–Kier alpha value is -2.53. The average molecular weight is 494 g/mol. The zero-order valence-electron chi connectivity index (χ0n) is 20.2. The fourth-order valence-corrected chi connectivity index (χ4v) is 5.28. The number of nitrogens with one attached hydrogen (secondary N) is 2. The van der Waals surface area contributed by atoms with E-state index in [0.717, 1.165) is 30.9 Å². The maximum atomic E-state index is 13.3. The van der Waals surface area contributed by atoms with Crippen molar-refractivity contribution >= 4 is 35.0 Å². The number of nitrogens with two attached hydrogens (primary N) is 2. The Morgan fingerprint density at radius 1 is 1.21 bits per heavy atom. The molecule has 2 aliphatic rings. The van der Waals surface area contributed by atoms with Crippen LogP contribution in [0, 0.1) is 18.8 Å². The second kappa shape index (κ2) is 11.7. The van der Waals surface area contributed by atoms with Crippen molar-refractivity contribution in [2.24, 2.45) is 17.6 Å². The summed E-state index contributed by atoms with van der Waals surface area (Å²) in [5, 5.41) is 10.5. The zero-order chi connectivity index (χ0) is 24.8. The van der Waals surface area contributed by atoms with Crippen molar-refractivity contribution in [3.8, 4) is 0 Å². The SMILES string of the molecule is Cc1nc(C(=O)N2CC[C@H](NC(=O)C3CC[NH2+]CC3)C[C@H]2C(=O)N[C@H](CC(C)C)C(N)=O)cs1. The molecule has 10 nitrogen and oxygen atoms in total. The Morgan fingerprint density at radius 2 is 1.91 bits per heavy atom. The van der Waals surface area contributed by atoms with Crippen LogP contribution in [0.1, 0.15) is 61.4 Å². The van der Waals surface area contributed by atoms with Gasteiger partial charge in [0.2, 0.25) is 17.7 Å².